The minimum absolute atomic E-state index is 0.00242. The SMILES string of the molecule is Cc1cccc(OCCCNC(=O)C2CC(=O)N(c3ccc(F)cc3F)C2)c1. The summed E-state index contributed by atoms with van der Waals surface area (Å²) in [5, 5.41) is 2.79. The lowest BCUT2D eigenvalue weighted by Crippen LogP contribution is -2.34. The molecule has 2 aromatic carbocycles. The molecule has 1 unspecified atom stereocenters. The second kappa shape index (κ2) is 8.82. The Kier molecular flexibility index (Phi) is 6.23. The Bertz CT molecular complexity index is 872. The Morgan fingerprint density at radius 3 is 2.82 bits per heavy atom. The van der Waals surface area contributed by atoms with Gasteiger partial charge in [0.05, 0.1) is 18.2 Å². The van der Waals surface area contributed by atoms with Gasteiger partial charge in [-0.05, 0) is 43.2 Å². The van der Waals surface area contributed by atoms with Gasteiger partial charge in [-0.2, -0.15) is 0 Å². The van der Waals surface area contributed by atoms with Crippen molar-refractivity contribution < 1.29 is 23.1 Å². The number of carbonyl (C=O) groups excluding carboxylic acids is 2. The smallest absolute Gasteiger partial charge is 0.227 e. The van der Waals surface area contributed by atoms with Crippen LogP contribution in [0.25, 0.3) is 0 Å². The maximum Gasteiger partial charge on any atom is 0.227 e. The number of halogens is 2. The van der Waals surface area contributed by atoms with E-state index in [1.54, 1.807) is 0 Å². The fourth-order valence-corrected chi connectivity index (χ4v) is 3.14. The van der Waals surface area contributed by atoms with Crippen LogP contribution in [0.3, 0.4) is 0 Å². The zero-order valence-electron chi connectivity index (χ0n) is 15.6. The maximum absolute atomic E-state index is 13.9. The molecular formula is C21H22F2N2O3. The van der Waals surface area contributed by atoms with Crippen LogP contribution in [-0.4, -0.2) is 31.5 Å². The molecule has 0 radical (unpaired) electrons. The first-order valence-corrected chi connectivity index (χ1v) is 9.16. The first-order chi connectivity index (χ1) is 13.4. The van der Waals surface area contributed by atoms with E-state index in [1.165, 1.54) is 11.0 Å². The molecule has 7 heteroatoms. The van der Waals surface area contributed by atoms with Crippen LogP contribution in [0.2, 0.25) is 0 Å². The molecule has 0 saturated carbocycles. The Balaban J connectivity index is 1.44. The van der Waals surface area contributed by atoms with Gasteiger partial charge in [0.1, 0.15) is 17.4 Å². The molecule has 1 saturated heterocycles. The minimum atomic E-state index is -0.817. The summed E-state index contributed by atoms with van der Waals surface area (Å²) >= 11 is 0. The number of amides is 2. The lowest BCUT2D eigenvalue weighted by atomic mass is 10.1. The van der Waals surface area contributed by atoms with Crippen LogP contribution < -0.4 is 15.0 Å². The fourth-order valence-electron chi connectivity index (χ4n) is 3.14. The minimum Gasteiger partial charge on any atom is -0.494 e. The molecule has 0 aliphatic carbocycles. The summed E-state index contributed by atoms with van der Waals surface area (Å²) in [6, 6.07) is 10.7. The molecule has 1 atom stereocenters. The number of aryl methyl sites for hydroxylation is 1. The number of nitrogens with one attached hydrogen (secondary N) is 1. The van der Waals surface area contributed by atoms with E-state index in [0.717, 1.165) is 23.4 Å². The summed E-state index contributed by atoms with van der Waals surface area (Å²) in [6.07, 6.45) is 0.624. The molecule has 1 aliphatic heterocycles. The first-order valence-electron chi connectivity index (χ1n) is 9.16. The van der Waals surface area contributed by atoms with Crippen molar-refractivity contribution in [2.45, 2.75) is 19.8 Å². The topological polar surface area (TPSA) is 58.6 Å². The van der Waals surface area contributed by atoms with Crippen molar-refractivity contribution >= 4 is 17.5 Å². The highest BCUT2D eigenvalue weighted by molar-refractivity contribution is 6.00. The monoisotopic (exact) mass is 388 g/mol. The van der Waals surface area contributed by atoms with E-state index in [2.05, 4.69) is 5.32 Å². The second-order valence-electron chi connectivity index (χ2n) is 6.81. The molecule has 0 aromatic heterocycles. The molecule has 2 aromatic rings. The Morgan fingerprint density at radius 1 is 1.25 bits per heavy atom. The average Bonchev–Trinajstić information content (AvgIpc) is 3.03. The summed E-state index contributed by atoms with van der Waals surface area (Å²) in [5.74, 6) is -1.92. The van der Waals surface area contributed by atoms with E-state index < -0.39 is 17.6 Å². The molecular weight excluding hydrogens is 366 g/mol. The highest BCUT2D eigenvalue weighted by Crippen LogP contribution is 2.28. The zero-order chi connectivity index (χ0) is 20.1. The van der Waals surface area contributed by atoms with Crippen molar-refractivity contribution in [2.24, 2.45) is 5.92 Å². The molecule has 3 rings (SSSR count). The number of benzene rings is 2. The van der Waals surface area contributed by atoms with Crippen molar-refractivity contribution in [1.82, 2.24) is 5.32 Å². The van der Waals surface area contributed by atoms with Crippen LogP contribution in [0.1, 0.15) is 18.4 Å². The standard InChI is InChI=1S/C21H22F2N2O3/c1-14-4-2-5-17(10-14)28-9-3-8-24-21(27)15-11-20(26)25(13-15)19-7-6-16(22)12-18(19)23/h2,4-7,10,12,15H,3,8-9,11,13H2,1H3,(H,24,27). The van der Waals surface area contributed by atoms with Gasteiger partial charge in [-0.1, -0.05) is 12.1 Å². The van der Waals surface area contributed by atoms with Gasteiger partial charge in [0, 0.05) is 25.6 Å². The normalized spacial score (nSPS) is 16.3. The molecule has 148 valence electrons. The Labute approximate surface area is 162 Å². The average molecular weight is 388 g/mol. The van der Waals surface area contributed by atoms with Crippen LogP contribution in [0, 0.1) is 24.5 Å². The summed E-state index contributed by atoms with van der Waals surface area (Å²) < 4.78 is 32.6. The number of hydrogen-bond donors (Lipinski definition) is 1. The highest BCUT2D eigenvalue weighted by Gasteiger charge is 2.36. The van der Waals surface area contributed by atoms with Gasteiger partial charge >= 0.3 is 0 Å². The predicted molar refractivity (Wildman–Crippen MR) is 101 cm³/mol. The Hall–Kier alpha value is -2.96. The number of ether oxygens (including phenoxy) is 1. The van der Waals surface area contributed by atoms with E-state index >= 15 is 0 Å². The number of carbonyl (C=O) groups is 2. The Morgan fingerprint density at radius 2 is 2.07 bits per heavy atom. The quantitative estimate of drug-likeness (QED) is 0.741. The van der Waals surface area contributed by atoms with Crippen molar-refractivity contribution in [3.05, 3.63) is 59.7 Å². The molecule has 1 N–H and O–H groups in total. The summed E-state index contributed by atoms with van der Waals surface area (Å²) in [5.41, 5.74) is 1.10. The molecule has 0 bridgehead atoms. The lowest BCUT2D eigenvalue weighted by Gasteiger charge is -2.17. The van der Waals surface area contributed by atoms with Gasteiger partial charge < -0.3 is 15.0 Å². The molecule has 0 spiro atoms. The lowest BCUT2D eigenvalue weighted by molar-refractivity contribution is -0.126. The van der Waals surface area contributed by atoms with Gasteiger partial charge in [-0.25, -0.2) is 8.78 Å². The number of hydrogen-bond acceptors (Lipinski definition) is 3. The van der Waals surface area contributed by atoms with Crippen molar-refractivity contribution in [2.75, 3.05) is 24.6 Å². The predicted octanol–water partition coefficient (Wildman–Crippen LogP) is 3.21. The third-order valence-electron chi connectivity index (χ3n) is 4.57. The number of rotatable bonds is 7. The maximum atomic E-state index is 13.9. The van der Waals surface area contributed by atoms with Gasteiger partial charge in [0.25, 0.3) is 0 Å². The van der Waals surface area contributed by atoms with Crippen molar-refractivity contribution in [3.8, 4) is 5.75 Å². The van der Waals surface area contributed by atoms with Gasteiger partial charge in [-0.3, -0.25) is 9.59 Å². The van der Waals surface area contributed by atoms with Crippen LogP contribution in [-0.2, 0) is 9.59 Å². The molecule has 2 amide bonds. The summed E-state index contributed by atoms with van der Waals surface area (Å²) in [4.78, 5) is 25.6. The van der Waals surface area contributed by atoms with E-state index in [4.69, 9.17) is 4.74 Å². The summed E-state index contributed by atoms with van der Waals surface area (Å²) in [6.45, 7) is 2.94. The molecule has 5 nitrogen and oxygen atoms in total. The van der Waals surface area contributed by atoms with E-state index in [0.29, 0.717) is 19.6 Å². The third kappa shape index (κ3) is 4.85. The highest BCUT2D eigenvalue weighted by atomic mass is 19.1. The largest absolute Gasteiger partial charge is 0.494 e. The van der Waals surface area contributed by atoms with E-state index in [-0.39, 0.29) is 30.5 Å². The fraction of sp³-hybridized carbons (Fsp3) is 0.333. The van der Waals surface area contributed by atoms with Gasteiger partial charge in [0.2, 0.25) is 11.8 Å². The van der Waals surface area contributed by atoms with E-state index in [9.17, 15) is 18.4 Å². The first kappa shape index (κ1) is 19.8. The van der Waals surface area contributed by atoms with E-state index in [1.807, 2.05) is 31.2 Å². The molecule has 1 aliphatic rings. The zero-order valence-corrected chi connectivity index (χ0v) is 15.6. The summed E-state index contributed by atoms with van der Waals surface area (Å²) in [7, 11) is 0. The van der Waals surface area contributed by atoms with Crippen LogP contribution in [0.5, 0.6) is 5.75 Å². The molecule has 1 heterocycles. The van der Waals surface area contributed by atoms with Crippen LogP contribution in [0.4, 0.5) is 14.5 Å². The van der Waals surface area contributed by atoms with Gasteiger partial charge in [0.15, 0.2) is 0 Å². The van der Waals surface area contributed by atoms with Crippen molar-refractivity contribution in [1.29, 1.82) is 0 Å². The number of nitrogens with zero attached hydrogens (tertiary/aromatic N) is 1. The third-order valence-corrected chi connectivity index (χ3v) is 4.57. The molecule has 1 fully saturated rings. The molecule has 28 heavy (non-hydrogen) atoms. The van der Waals surface area contributed by atoms with Crippen molar-refractivity contribution in [3.63, 3.8) is 0 Å². The van der Waals surface area contributed by atoms with Crippen LogP contribution >= 0.6 is 0 Å². The number of anilines is 1. The van der Waals surface area contributed by atoms with Gasteiger partial charge in [-0.15, -0.1) is 0 Å². The second-order valence-corrected chi connectivity index (χ2v) is 6.81. The van der Waals surface area contributed by atoms with Crippen LogP contribution in [0.15, 0.2) is 42.5 Å².